The van der Waals surface area contributed by atoms with Crippen molar-refractivity contribution in [2.24, 2.45) is 10.1 Å². The van der Waals surface area contributed by atoms with E-state index >= 15 is 0 Å². The van der Waals surface area contributed by atoms with Gasteiger partial charge in [0.25, 0.3) is 5.91 Å². The number of carbonyl (C=O) groups is 1. The Hall–Kier alpha value is -5.08. The lowest BCUT2D eigenvalue weighted by atomic mass is 9.83. The molecule has 46 heavy (non-hydrogen) atoms. The third kappa shape index (κ3) is 7.95. The van der Waals surface area contributed by atoms with E-state index in [0.717, 1.165) is 11.1 Å². The van der Waals surface area contributed by atoms with Crippen LogP contribution in [0.3, 0.4) is 0 Å². The normalized spacial score (nSPS) is 17.2. The van der Waals surface area contributed by atoms with Crippen LogP contribution in [0.4, 0.5) is 5.69 Å². The van der Waals surface area contributed by atoms with E-state index in [9.17, 15) is 10.3 Å². The fourth-order valence-corrected chi connectivity index (χ4v) is 5.33. The van der Waals surface area contributed by atoms with Gasteiger partial charge in [-0.2, -0.15) is 0 Å². The first kappa shape index (κ1) is 32.3. The van der Waals surface area contributed by atoms with Crippen molar-refractivity contribution in [3.8, 4) is 5.75 Å². The Labute approximate surface area is 272 Å². The quantitative estimate of drug-likeness (QED) is 0.0635. The van der Waals surface area contributed by atoms with Gasteiger partial charge < -0.3 is 19.9 Å². The largest absolute Gasteiger partial charge is 0.494 e. The van der Waals surface area contributed by atoms with Gasteiger partial charge in [0.05, 0.1) is 6.61 Å². The maximum absolute atomic E-state index is 14.4. The van der Waals surface area contributed by atoms with Crippen molar-refractivity contribution in [3.63, 3.8) is 0 Å². The standard InChI is InChI=1S/C36H34ClN5O4/c37-29-17-13-27(14-18-29)21-23-39-35(44)36(22-6-10-26-8-2-1-3-9-26)33(31-11-4-5-12-32(31)41-42-38)46-34(40-36)28-15-19-30(20-16-28)45-25-7-24-43/h1-6,8-20,33,43H,7,21-25H2,(H,39,44)/b10-6+/t33-,36-/m1/s1. The van der Waals surface area contributed by atoms with Crippen LogP contribution >= 0.6 is 11.6 Å². The van der Waals surface area contributed by atoms with Crippen LogP contribution in [0.15, 0.2) is 119 Å². The summed E-state index contributed by atoms with van der Waals surface area (Å²) in [7, 11) is 0. The molecule has 0 saturated heterocycles. The summed E-state index contributed by atoms with van der Waals surface area (Å²) in [6, 6.07) is 31.6. The summed E-state index contributed by atoms with van der Waals surface area (Å²) in [5.41, 5.74) is 11.5. The van der Waals surface area contributed by atoms with Crippen molar-refractivity contribution in [2.45, 2.75) is 30.9 Å². The molecule has 4 aromatic rings. The molecule has 5 rings (SSSR count). The van der Waals surface area contributed by atoms with Gasteiger partial charge in [-0.1, -0.05) is 95.6 Å². The molecule has 0 fully saturated rings. The number of nitrogens with zero attached hydrogens (tertiary/aromatic N) is 4. The molecule has 4 aromatic carbocycles. The Kier molecular flexibility index (Phi) is 11.1. The second kappa shape index (κ2) is 15.8. The van der Waals surface area contributed by atoms with Gasteiger partial charge >= 0.3 is 0 Å². The minimum Gasteiger partial charge on any atom is -0.494 e. The maximum Gasteiger partial charge on any atom is 0.252 e. The fourth-order valence-electron chi connectivity index (χ4n) is 5.20. The molecule has 0 bridgehead atoms. The molecule has 0 radical (unpaired) electrons. The number of rotatable bonds is 14. The third-order valence-electron chi connectivity index (χ3n) is 7.55. The van der Waals surface area contributed by atoms with Crippen LogP contribution in [-0.4, -0.2) is 42.2 Å². The molecule has 0 unspecified atom stereocenters. The zero-order valence-corrected chi connectivity index (χ0v) is 25.9. The average molecular weight is 636 g/mol. The van der Waals surface area contributed by atoms with Crippen LogP contribution < -0.4 is 10.1 Å². The second-order valence-corrected chi connectivity index (χ2v) is 11.1. The summed E-state index contributed by atoms with van der Waals surface area (Å²) in [6.07, 6.45) is 4.29. The summed E-state index contributed by atoms with van der Waals surface area (Å²) in [5, 5.41) is 16.7. The minimum absolute atomic E-state index is 0.0456. The van der Waals surface area contributed by atoms with Gasteiger partial charge in [-0.15, -0.1) is 0 Å². The molecule has 234 valence electrons. The molecule has 0 aliphatic carbocycles. The Morgan fingerprint density at radius 1 is 1.04 bits per heavy atom. The number of nitrogens with one attached hydrogen (secondary N) is 1. The molecule has 0 saturated carbocycles. The first-order valence-electron chi connectivity index (χ1n) is 15.0. The average Bonchev–Trinajstić information content (AvgIpc) is 3.47. The van der Waals surface area contributed by atoms with Gasteiger partial charge in [0.15, 0.2) is 11.6 Å². The number of aliphatic imine (C=N–C) groups is 1. The van der Waals surface area contributed by atoms with E-state index in [1.54, 1.807) is 30.3 Å². The maximum atomic E-state index is 14.4. The van der Waals surface area contributed by atoms with Crippen LogP contribution in [0.5, 0.6) is 5.75 Å². The molecule has 2 atom stereocenters. The van der Waals surface area contributed by atoms with Gasteiger partial charge in [0.1, 0.15) is 5.75 Å². The molecule has 10 heteroatoms. The predicted octanol–water partition coefficient (Wildman–Crippen LogP) is 7.76. The number of azide groups is 1. The Morgan fingerprint density at radius 2 is 1.78 bits per heavy atom. The third-order valence-corrected chi connectivity index (χ3v) is 7.80. The summed E-state index contributed by atoms with van der Waals surface area (Å²) in [4.78, 5) is 22.4. The minimum atomic E-state index is -1.43. The predicted molar refractivity (Wildman–Crippen MR) is 180 cm³/mol. The summed E-state index contributed by atoms with van der Waals surface area (Å²) >= 11 is 6.05. The van der Waals surface area contributed by atoms with Crippen LogP contribution in [0.25, 0.3) is 16.5 Å². The highest BCUT2D eigenvalue weighted by molar-refractivity contribution is 6.30. The zero-order chi connectivity index (χ0) is 32.2. The molecule has 9 nitrogen and oxygen atoms in total. The van der Waals surface area contributed by atoms with Crippen LogP contribution in [0.2, 0.25) is 5.02 Å². The Balaban J connectivity index is 1.53. The first-order valence-corrected chi connectivity index (χ1v) is 15.4. The summed E-state index contributed by atoms with van der Waals surface area (Å²) < 4.78 is 12.3. The number of amides is 1. The van der Waals surface area contributed by atoms with Crippen molar-refractivity contribution in [2.75, 3.05) is 19.8 Å². The molecule has 0 aromatic heterocycles. The van der Waals surface area contributed by atoms with E-state index in [1.165, 1.54) is 0 Å². The number of benzene rings is 4. The van der Waals surface area contributed by atoms with Crippen LogP contribution in [0.1, 0.15) is 41.2 Å². The number of halogens is 1. The molecular formula is C36H34ClN5O4. The van der Waals surface area contributed by atoms with Gasteiger partial charge in [-0.25, -0.2) is 4.99 Å². The number of carbonyl (C=O) groups excluding carboxylic acids is 1. The highest BCUT2D eigenvalue weighted by Crippen LogP contribution is 2.45. The number of ether oxygens (including phenoxy) is 2. The lowest BCUT2D eigenvalue weighted by Crippen LogP contribution is -2.48. The van der Waals surface area contributed by atoms with Crippen molar-refractivity contribution >= 4 is 35.2 Å². The molecule has 2 N–H and O–H groups in total. The smallest absolute Gasteiger partial charge is 0.252 e. The first-order chi connectivity index (χ1) is 22.5. The van der Waals surface area contributed by atoms with Gasteiger partial charge in [0.2, 0.25) is 5.90 Å². The molecular weight excluding hydrogens is 602 g/mol. The van der Waals surface area contributed by atoms with E-state index in [4.69, 9.17) is 31.2 Å². The summed E-state index contributed by atoms with van der Waals surface area (Å²) in [6.45, 7) is 0.794. The van der Waals surface area contributed by atoms with E-state index in [-0.39, 0.29) is 24.8 Å². The van der Waals surface area contributed by atoms with Crippen molar-refractivity contribution in [1.29, 1.82) is 0 Å². The molecule has 1 amide bonds. The lowest BCUT2D eigenvalue weighted by Gasteiger charge is -2.30. The fraction of sp³-hybridized carbons (Fsp3) is 0.222. The van der Waals surface area contributed by atoms with Crippen LogP contribution in [-0.2, 0) is 16.0 Å². The Bertz CT molecular complexity index is 1720. The zero-order valence-electron chi connectivity index (χ0n) is 25.1. The molecule has 1 heterocycles. The molecule has 0 spiro atoms. The number of aliphatic hydroxyl groups excluding tert-OH is 1. The van der Waals surface area contributed by atoms with Crippen molar-refractivity contribution in [3.05, 3.63) is 147 Å². The lowest BCUT2D eigenvalue weighted by molar-refractivity contribution is -0.128. The number of hydrogen-bond acceptors (Lipinski definition) is 6. The second-order valence-electron chi connectivity index (χ2n) is 10.7. The Morgan fingerprint density at radius 3 is 2.52 bits per heavy atom. The van der Waals surface area contributed by atoms with Gasteiger partial charge in [-0.05, 0) is 59.5 Å². The van der Waals surface area contributed by atoms with E-state index in [0.29, 0.717) is 53.6 Å². The molecule has 1 aliphatic heterocycles. The monoisotopic (exact) mass is 635 g/mol. The van der Waals surface area contributed by atoms with E-state index < -0.39 is 11.6 Å². The van der Waals surface area contributed by atoms with Gasteiger partial charge in [-0.3, -0.25) is 4.79 Å². The SMILES string of the molecule is [N-]=[N+]=Nc1ccccc1[C@H]1OC(c2ccc(OCCCO)cc2)=N[C@@]1(C/C=C/c1ccccc1)C(=O)NCCc1ccc(Cl)cc1. The van der Waals surface area contributed by atoms with E-state index in [1.807, 2.05) is 84.9 Å². The number of aliphatic hydroxyl groups is 1. The van der Waals surface area contributed by atoms with E-state index in [2.05, 4.69) is 15.3 Å². The van der Waals surface area contributed by atoms with Crippen LogP contribution in [0, 0.1) is 0 Å². The highest BCUT2D eigenvalue weighted by Gasteiger charge is 2.53. The summed E-state index contributed by atoms with van der Waals surface area (Å²) in [5.74, 6) is 0.598. The molecule has 1 aliphatic rings. The van der Waals surface area contributed by atoms with Crippen molar-refractivity contribution < 1.29 is 19.4 Å². The number of hydrogen-bond donors (Lipinski definition) is 2. The highest BCUT2D eigenvalue weighted by atomic mass is 35.5. The van der Waals surface area contributed by atoms with Crippen molar-refractivity contribution in [1.82, 2.24) is 5.32 Å². The van der Waals surface area contributed by atoms with Gasteiger partial charge in [0, 0.05) is 52.7 Å². The topological polar surface area (TPSA) is 129 Å².